The van der Waals surface area contributed by atoms with Crippen LogP contribution in [0.2, 0.25) is 0 Å². The van der Waals surface area contributed by atoms with Crippen LogP contribution < -0.4 is 0 Å². The molecule has 104 valence electrons. The van der Waals surface area contributed by atoms with Gasteiger partial charge in [0.05, 0.1) is 6.61 Å². The Kier molecular flexibility index (Phi) is 5.17. The van der Waals surface area contributed by atoms with Crippen molar-refractivity contribution in [3.63, 3.8) is 0 Å². The van der Waals surface area contributed by atoms with Gasteiger partial charge in [0.2, 0.25) is 0 Å². The first-order valence-corrected chi connectivity index (χ1v) is 5.86. The Morgan fingerprint density at radius 1 is 1.32 bits per heavy atom. The number of rotatable bonds is 5. The second-order valence-corrected chi connectivity index (χ2v) is 4.03. The van der Waals surface area contributed by atoms with Gasteiger partial charge in [-0.2, -0.15) is 0 Å². The molecule has 0 heterocycles. The maximum absolute atomic E-state index is 11.5. The first-order valence-electron chi connectivity index (χ1n) is 5.86. The number of aromatic hydroxyl groups is 1. The molecule has 0 bridgehead atoms. The summed E-state index contributed by atoms with van der Waals surface area (Å²) >= 11 is 0. The number of ether oxygens (including phenoxy) is 1. The van der Waals surface area contributed by atoms with Gasteiger partial charge in [-0.3, -0.25) is 4.90 Å². The van der Waals surface area contributed by atoms with Crippen molar-refractivity contribution in [1.82, 2.24) is 4.90 Å². The molecule has 6 heteroatoms. The number of carbonyl (C=O) groups is 2. The Bertz CT molecular complexity index is 443. The zero-order valence-electron chi connectivity index (χ0n) is 10.9. The van der Waals surface area contributed by atoms with Crippen LogP contribution in [0.5, 0.6) is 5.75 Å². The minimum absolute atomic E-state index is 0.106. The van der Waals surface area contributed by atoms with E-state index in [-0.39, 0.29) is 18.8 Å². The molecular formula is C13H17NO5. The molecular weight excluding hydrogens is 250 g/mol. The third-order valence-corrected chi connectivity index (χ3v) is 2.67. The largest absolute Gasteiger partial charge is 0.508 e. The highest BCUT2D eigenvalue weighted by molar-refractivity contribution is 5.80. The van der Waals surface area contributed by atoms with Gasteiger partial charge in [-0.1, -0.05) is 12.1 Å². The fourth-order valence-corrected chi connectivity index (χ4v) is 1.60. The number of amides is 1. The van der Waals surface area contributed by atoms with Crippen LogP contribution in [0, 0.1) is 0 Å². The quantitative estimate of drug-likeness (QED) is 0.843. The molecule has 0 aliphatic carbocycles. The highest BCUT2D eigenvalue weighted by atomic mass is 16.6. The summed E-state index contributed by atoms with van der Waals surface area (Å²) in [6.07, 6.45) is -0.529. The average Bonchev–Trinajstić information content (AvgIpc) is 2.37. The number of phenolic OH excluding ortho intramolecular Hbond substituents is 1. The van der Waals surface area contributed by atoms with Gasteiger partial charge >= 0.3 is 12.1 Å². The lowest BCUT2D eigenvalue weighted by atomic mass is 10.1. The van der Waals surface area contributed by atoms with Crippen LogP contribution in [-0.4, -0.2) is 46.9 Å². The molecule has 0 radical (unpaired) electrons. The number of likely N-dealkylation sites (N-methyl/N-ethyl adjacent to an activating group) is 1. The molecule has 2 N–H and O–H groups in total. The molecule has 6 nitrogen and oxygen atoms in total. The number of nitrogens with zero attached hydrogens (tertiary/aromatic N) is 1. The minimum Gasteiger partial charge on any atom is -0.508 e. The van der Waals surface area contributed by atoms with Crippen LogP contribution in [0.4, 0.5) is 4.79 Å². The number of carboxylic acids is 1. The summed E-state index contributed by atoms with van der Waals surface area (Å²) in [4.78, 5) is 23.8. The predicted molar refractivity (Wildman–Crippen MR) is 68.0 cm³/mol. The van der Waals surface area contributed by atoms with Gasteiger partial charge in [0.25, 0.3) is 0 Å². The van der Waals surface area contributed by atoms with Crippen LogP contribution in [0.15, 0.2) is 24.3 Å². The summed E-state index contributed by atoms with van der Waals surface area (Å²) in [5, 5.41) is 18.3. The van der Waals surface area contributed by atoms with Gasteiger partial charge in [0, 0.05) is 13.5 Å². The van der Waals surface area contributed by atoms with Crippen molar-refractivity contribution in [3.8, 4) is 5.75 Å². The molecule has 1 amide bonds. The van der Waals surface area contributed by atoms with E-state index in [0.29, 0.717) is 5.56 Å². The Labute approximate surface area is 111 Å². The minimum atomic E-state index is -1.11. The van der Waals surface area contributed by atoms with Crippen LogP contribution in [-0.2, 0) is 16.0 Å². The van der Waals surface area contributed by atoms with Crippen LogP contribution in [0.3, 0.4) is 0 Å². The van der Waals surface area contributed by atoms with Crippen molar-refractivity contribution in [2.24, 2.45) is 0 Å². The number of carboxylic acid groups (broad SMARTS) is 1. The summed E-state index contributed by atoms with van der Waals surface area (Å²) < 4.78 is 4.78. The van der Waals surface area contributed by atoms with E-state index in [2.05, 4.69) is 0 Å². The highest BCUT2D eigenvalue weighted by Gasteiger charge is 2.27. The van der Waals surface area contributed by atoms with E-state index in [9.17, 15) is 14.7 Å². The normalized spacial score (nSPS) is 11.7. The van der Waals surface area contributed by atoms with E-state index in [1.165, 1.54) is 19.2 Å². The lowest BCUT2D eigenvalue weighted by molar-refractivity contribution is -0.142. The van der Waals surface area contributed by atoms with Crippen molar-refractivity contribution < 1.29 is 24.5 Å². The second kappa shape index (κ2) is 6.63. The van der Waals surface area contributed by atoms with Gasteiger partial charge in [-0.05, 0) is 24.6 Å². The van der Waals surface area contributed by atoms with Crippen LogP contribution in [0.1, 0.15) is 12.5 Å². The molecule has 0 unspecified atom stereocenters. The number of phenols is 1. The van der Waals surface area contributed by atoms with Crippen LogP contribution in [0.25, 0.3) is 0 Å². The molecule has 0 saturated heterocycles. The molecule has 0 spiro atoms. The van der Waals surface area contributed by atoms with Gasteiger partial charge in [-0.15, -0.1) is 0 Å². The highest BCUT2D eigenvalue weighted by Crippen LogP contribution is 2.14. The molecule has 0 fully saturated rings. The lowest BCUT2D eigenvalue weighted by Crippen LogP contribution is -2.44. The zero-order valence-corrected chi connectivity index (χ0v) is 10.9. The predicted octanol–water partition coefficient (Wildman–Crippen LogP) is 1.48. The molecule has 1 rings (SSSR count). The maximum Gasteiger partial charge on any atom is 0.410 e. The van der Waals surface area contributed by atoms with Gasteiger partial charge < -0.3 is 14.9 Å². The molecule has 1 atom stereocenters. The third kappa shape index (κ3) is 4.17. The summed E-state index contributed by atoms with van der Waals surface area (Å²) in [6.45, 7) is 1.84. The van der Waals surface area contributed by atoms with Gasteiger partial charge in [-0.25, -0.2) is 9.59 Å². The summed E-state index contributed by atoms with van der Waals surface area (Å²) in [5.41, 5.74) is 0.710. The second-order valence-electron chi connectivity index (χ2n) is 4.03. The molecule has 0 aliphatic rings. The van der Waals surface area contributed by atoms with E-state index in [1.54, 1.807) is 19.1 Å². The van der Waals surface area contributed by atoms with Crippen molar-refractivity contribution in [2.45, 2.75) is 19.4 Å². The maximum atomic E-state index is 11.5. The van der Waals surface area contributed by atoms with Crippen molar-refractivity contribution in [1.29, 1.82) is 0 Å². The summed E-state index contributed by atoms with van der Waals surface area (Å²) in [5.74, 6) is -1.00. The molecule has 19 heavy (non-hydrogen) atoms. The van der Waals surface area contributed by atoms with E-state index in [4.69, 9.17) is 9.84 Å². The summed E-state index contributed by atoms with van der Waals surface area (Å²) in [6, 6.07) is 5.16. The Morgan fingerprint density at radius 2 is 1.89 bits per heavy atom. The van der Waals surface area contributed by atoms with E-state index < -0.39 is 18.1 Å². The number of hydrogen-bond donors (Lipinski definition) is 2. The van der Waals surface area contributed by atoms with Crippen molar-refractivity contribution >= 4 is 12.1 Å². The number of hydrogen-bond acceptors (Lipinski definition) is 4. The van der Waals surface area contributed by atoms with E-state index in [1.807, 2.05) is 0 Å². The standard InChI is InChI=1S/C13H17NO5/c1-3-19-13(18)14(2)11(12(16)17)8-9-4-6-10(15)7-5-9/h4-7,11,15H,3,8H2,1-2H3,(H,16,17)/t11-/m0/s1. The fourth-order valence-electron chi connectivity index (χ4n) is 1.60. The SMILES string of the molecule is CCOC(=O)N(C)[C@@H](Cc1ccc(O)cc1)C(=O)O. The molecule has 1 aromatic carbocycles. The zero-order chi connectivity index (χ0) is 14.4. The van der Waals surface area contributed by atoms with E-state index in [0.717, 1.165) is 4.90 Å². The van der Waals surface area contributed by atoms with E-state index >= 15 is 0 Å². The Morgan fingerprint density at radius 3 is 2.37 bits per heavy atom. The molecule has 0 aromatic heterocycles. The van der Waals surface area contributed by atoms with Gasteiger partial charge in [0.1, 0.15) is 11.8 Å². The van der Waals surface area contributed by atoms with Crippen molar-refractivity contribution in [2.75, 3.05) is 13.7 Å². The Balaban J connectivity index is 2.80. The van der Waals surface area contributed by atoms with Gasteiger partial charge in [0.15, 0.2) is 0 Å². The fraction of sp³-hybridized carbons (Fsp3) is 0.385. The number of aliphatic carboxylic acids is 1. The molecule has 0 saturated carbocycles. The molecule has 0 aliphatic heterocycles. The monoisotopic (exact) mass is 267 g/mol. The Hall–Kier alpha value is -2.24. The summed E-state index contributed by atoms with van der Waals surface area (Å²) in [7, 11) is 1.39. The third-order valence-electron chi connectivity index (χ3n) is 2.67. The van der Waals surface area contributed by atoms with Crippen LogP contribution >= 0.6 is 0 Å². The first-order chi connectivity index (χ1) is 8.95. The first kappa shape index (κ1) is 14.8. The lowest BCUT2D eigenvalue weighted by Gasteiger charge is -2.24. The van der Waals surface area contributed by atoms with Crippen molar-refractivity contribution in [3.05, 3.63) is 29.8 Å². The number of benzene rings is 1. The topological polar surface area (TPSA) is 87.1 Å². The smallest absolute Gasteiger partial charge is 0.410 e. The number of carbonyl (C=O) groups excluding carboxylic acids is 1. The average molecular weight is 267 g/mol. The molecule has 1 aromatic rings.